The van der Waals surface area contributed by atoms with E-state index in [4.69, 9.17) is 23.2 Å². The molecule has 2 aromatic heterocycles. The number of carbonyl (C=O) groups excluding carboxylic acids is 2. The lowest BCUT2D eigenvalue weighted by Crippen LogP contribution is -2.52. The first-order valence-corrected chi connectivity index (χ1v) is 13.8. The molecule has 3 fully saturated rings. The molecule has 0 atom stereocenters. The maximum atomic E-state index is 14.6. The summed E-state index contributed by atoms with van der Waals surface area (Å²) in [7, 11) is 0. The third-order valence-corrected chi connectivity index (χ3v) is 9.28. The topological polar surface area (TPSA) is 105 Å². The molecule has 40 heavy (non-hydrogen) atoms. The second-order valence-electron chi connectivity index (χ2n) is 11.7. The molecule has 8 nitrogen and oxygen atoms in total. The Kier molecular flexibility index (Phi) is 8.05. The van der Waals surface area contributed by atoms with E-state index in [1.807, 2.05) is 20.8 Å². The number of hydrogen-bond donors (Lipinski definition) is 1. The van der Waals surface area contributed by atoms with Gasteiger partial charge in [-0.3, -0.25) is 24.0 Å². The molecule has 13 heteroatoms. The molecule has 5 rings (SSSR count). The minimum atomic E-state index is -4.93. The van der Waals surface area contributed by atoms with Crippen LogP contribution < -0.4 is 0 Å². The van der Waals surface area contributed by atoms with Gasteiger partial charge in [-0.15, -0.1) is 0 Å². The van der Waals surface area contributed by atoms with Gasteiger partial charge in [0.2, 0.25) is 0 Å². The summed E-state index contributed by atoms with van der Waals surface area (Å²) in [6.07, 6.45) is 0.360. The Morgan fingerprint density at radius 3 is 2.05 bits per heavy atom. The molecule has 2 aromatic rings. The fourth-order valence-corrected chi connectivity index (χ4v) is 6.45. The number of alkyl halides is 3. The summed E-state index contributed by atoms with van der Waals surface area (Å²) in [5.74, 6) is -2.55. The van der Waals surface area contributed by atoms with Crippen LogP contribution in [0.3, 0.4) is 0 Å². The van der Waals surface area contributed by atoms with Crippen LogP contribution >= 0.6 is 23.2 Å². The number of fused-ring (bicyclic) bond motifs is 3. The SMILES string of the molecule is CCC(C)(C)CN(CC(=O)c1c(Cl)cncc1Cl)C(=O)c1cnn(C23CCC(C(=O)O)(CC2)CC3)c1C(F)(F)F. The number of amides is 1. The highest BCUT2D eigenvalue weighted by Crippen LogP contribution is 2.56. The lowest BCUT2D eigenvalue weighted by molar-refractivity contribution is -0.163. The van der Waals surface area contributed by atoms with Gasteiger partial charge in [0.05, 0.1) is 44.9 Å². The number of ketones is 1. The van der Waals surface area contributed by atoms with Gasteiger partial charge >= 0.3 is 12.1 Å². The fraction of sp³-hybridized carbons (Fsp3) is 0.593. The molecule has 0 radical (unpaired) electrons. The van der Waals surface area contributed by atoms with E-state index in [0.717, 1.165) is 15.8 Å². The van der Waals surface area contributed by atoms with Crippen molar-refractivity contribution in [2.75, 3.05) is 13.1 Å². The third kappa shape index (κ3) is 5.46. The smallest absolute Gasteiger partial charge is 0.433 e. The van der Waals surface area contributed by atoms with E-state index in [0.29, 0.717) is 6.42 Å². The molecule has 0 saturated heterocycles. The van der Waals surface area contributed by atoms with Gasteiger partial charge in [-0.2, -0.15) is 18.3 Å². The van der Waals surface area contributed by atoms with Crippen molar-refractivity contribution in [3.8, 4) is 0 Å². The average Bonchev–Trinajstić information content (AvgIpc) is 3.36. The number of carboxylic acid groups (broad SMARTS) is 1. The highest BCUT2D eigenvalue weighted by molar-refractivity contribution is 6.39. The van der Waals surface area contributed by atoms with Crippen LogP contribution in [-0.4, -0.2) is 55.5 Å². The van der Waals surface area contributed by atoms with Gasteiger partial charge in [-0.25, -0.2) is 0 Å². The van der Waals surface area contributed by atoms with Crippen molar-refractivity contribution in [2.24, 2.45) is 10.8 Å². The van der Waals surface area contributed by atoms with Crippen LogP contribution in [0.2, 0.25) is 10.0 Å². The van der Waals surface area contributed by atoms with Crippen molar-refractivity contribution in [1.82, 2.24) is 19.7 Å². The zero-order valence-corrected chi connectivity index (χ0v) is 24.0. The van der Waals surface area contributed by atoms with E-state index >= 15 is 0 Å². The van der Waals surface area contributed by atoms with E-state index in [2.05, 4.69) is 10.1 Å². The number of carbonyl (C=O) groups is 3. The first kappa shape index (κ1) is 30.3. The van der Waals surface area contributed by atoms with E-state index < -0.39 is 58.0 Å². The molecule has 0 aromatic carbocycles. The molecule has 0 aliphatic heterocycles. The normalized spacial score (nSPS) is 22.8. The molecule has 1 amide bonds. The zero-order chi connectivity index (χ0) is 29.7. The standard InChI is InChI=1S/C27H31Cl2F3N4O4/c1-4-24(2,3)15-35(14-19(37)20-17(28)12-33-13-18(20)29)22(38)16-11-34-36(21(16)27(30,31)32)26-8-5-25(6-9-26,7-10-26)23(39)40/h11-13H,4-10,14-15H2,1-3H3,(H,39,40). The number of aliphatic carboxylic acids is 1. The molecule has 0 spiro atoms. The number of halogens is 5. The minimum Gasteiger partial charge on any atom is -0.481 e. The number of hydrogen-bond acceptors (Lipinski definition) is 5. The largest absolute Gasteiger partial charge is 0.481 e. The maximum absolute atomic E-state index is 14.6. The fourth-order valence-electron chi connectivity index (χ4n) is 5.87. The van der Waals surface area contributed by atoms with Gasteiger partial charge in [-0.1, -0.05) is 44.0 Å². The predicted octanol–water partition coefficient (Wildman–Crippen LogP) is 6.50. The zero-order valence-electron chi connectivity index (χ0n) is 22.4. The van der Waals surface area contributed by atoms with E-state index in [1.165, 1.54) is 12.4 Å². The highest BCUT2D eigenvalue weighted by Gasteiger charge is 2.56. The Balaban J connectivity index is 1.74. The van der Waals surface area contributed by atoms with Gasteiger partial charge in [0.15, 0.2) is 11.5 Å². The summed E-state index contributed by atoms with van der Waals surface area (Å²) in [4.78, 5) is 43.8. The molecule has 0 unspecified atom stereocenters. The van der Waals surface area contributed by atoms with Crippen molar-refractivity contribution in [2.45, 2.75) is 77.4 Å². The Morgan fingerprint density at radius 1 is 1.02 bits per heavy atom. The summed E-state index contributed by atoms with van der Waals surface area (Å²) >= 11 is 12.3. The molecule has 3 aliphatic rings. The Bertz CT molecular complexity index is 1300. The predicted molar refractivity (Wildman–Crippen MR) is 142 cm³/mol. The molecule has 3 saturated carbocycles. The van der Waals surface area contributed by atoms with E-state index in [1.54, 1.807) is 0 Å². The van der Waals surface area contributed by atoms with Gasteiger partial charge in [0.1, 0.15) is 0 Å². The van der Waals surface area contributed by atoms with Gasteiger partial charge in [-0.05, 0) is 50.4 Å². The maximum Gasteiger partial charge on any atom is 0.433 e. The van der Waals surface area contributed by atoms with Crippen molar-refractivity contribution in [3.05, 3.63) is 45.5 Å². The Labute approximate surface area is 239 Å². The summed E-state index contributed by atoms with van der Waals surface area (Å²) in [6, 6.07) is 0. The van der Waals surface area contributed by atoms with Crippen molar-refractivity contribution >= 4 is 40.9 Å². The Hall–Kier alpha value is -2.66. The van der Waals surface area contributed by atoms with Crippen LogP contribution in [-0.2, 0) is 16.5 Å². The number of rotatable bonds is 9. The number of aromatic nitrogens is 3. The highest BCUT2D eigenvalue weighted by atomic mass is 35.5. The number of pyridine rings is 1. The molecule has 2 heterocycles. The first-order valence-electron chi connectivity index (χ1n) is 13.1. The van der Waals surface area contributed by atoms with Crippen molar-refractivity contribution in [3.63, 3.8) is 0 Å². The van der Waals surface area contributed by atoms with Gasteiger partial charge in [0.25, 0.3) is 5.91 Å². The van der Waals surface area contributed by atoms with E-state index in [9.17, 15) is 32.7 Å². The number of nitrogens with zero attached hydrogens (tertiary/aromatic N) is 4. The van der Waals surface area contributed by atoms with Crippen LogP contribution in [0.15, 0.2) is 18.6 Å². The quantitative estimate of drug-likeness (QED) is 0.328. The lowest BCUT2D eigenvalue weighted by Gasteiger charge is -2.51. The van der Waals surface area contributed by atoms with Crippen LogP contribution in [0.1, 0.15) is 92.1 Å². The lowest BCUT2D eigenvalue weighted by atomic mass is 9.57. The number of Topliss-reactive ketones (excluding diaryl/α,β-unsaturated/α-hetero) is 1. The van der Waals surface area contributed by atoms with Gasteiger partial charge in [0, 0.05) is 18.9 Å². The molecular formula is C27H31Cl2F3N4O4. The molecule has 2 bridgehead atoms. The van der Waals surface area contributed by atoms with Crippen LogP contribution in [0.4, 0.5) is 13.2 Å². The average molecular weight is 603 g/mol. The van der Waals surface area contributed by atoms with Crippen molar-refractivity contribution in [1.29, 1.82) is 0 Å². The number of carboxylic acids is 1. The first-order chi connectivity index (χ1) is 18.6. The summed E-state index contributed by atoms with van der Waals surface area (Å²) in [5, 5.41) is 13.7. The Morgan fingerprint density at radius 2 is 1.57 bits per heavy atom. The molecule has 1 N–H and O–H groups in total. The van der Waals surface area contributed by atoms with Crippen LogP contribution in [0.25, 0.3) is 0 Å². The minimum absolute atomic E-state index is 0.0108. The van der Waals surface area contributed by atoms with E-state index in [-0.39, 0.29) is 60.7 Å². The van der Waals surface area contributed by atoms with Crippen molar-refractivity contribution < 1.29 is 32.7 Å². The third-order valence-electron chi connectivity index (χ3n) is 8.71. The molecular weight excluding hydrogens is 572 g/mol. The summed E-state index contributed by atoms with van der Waals surface area (Å²) in [6.45, 7) is 5.00. The summed E-state index contributed by atoms with van der Waals surface area (Å²) in [5.41, 5.74) is -4.40. The summed E-state index contributed by atoms with van der Waals surface area (Å²) < 4.78 is 44.8. The van der Waals surface area contributed by atoms with Crippen LogP contribution in [0, 0.1) is 10.8 Å². The van der Waals surface area contributed by atoms with Gasteiger partial charge < -0.3 is 10.0 Å². The molecule has 218 valence electrons. The van der Waals surface area contributed by atoms with Crippen LogP contribution in [0.5, 0.6) is 0 Å². The molecule has 3 aliphatic carbocycles. The second kappa shape index (κ2) is 10.6. The monoisotopic (exact) mass is 602 g/mol. The second-order valence-corrected chi connectivity index (χ2v) is 12.5.